The summed E-state index contributed by atoms with van der Waals surface area (Å²) in [6.45, 7) is 1.90. The fourth-order valence-electron chi connectivity index (χ4n) is 0.838. The van der Waals surface area contributed by atoms with Gasteiger partial charge in [-0.05, 0) is 24.6 Å². The van der Waals surface area contributed by atoms with Crippen LogP contribution in [0.25, 0.3) is 0 Å². The molecule has 0 aliphatic carbocycles. The second-order valence-electron chi connectivity index (χ2n) is 2.33. The summed E-state index contributed by atoms with van der Waals surface area (Å²) in [6.07, 6.45) is -0.0486. The van der Waals surface area contributed by atoms with E-state index >= 15 is 0 Å². The van der Waals surface area contributed by atoms with E-state index in [2.05, 4.69) is 20.8 Å². The van der Waals surface area contributed by atoms with E-state index in [-0.39, 0.29) is 18.5 Å². The third-order valence-electron chi connectivity index (χ3n) is 1.52. The van der Waals surface area contributed by atoms with Crippen molar-refractivity contribution in [2.45, 2.75) is 13.0 Å². The lowest BCUT2D eigenvalue weighted by Gasteiger charge is -2.08. The highest BCUT2D eigenvalue weighted by molar-refractivity contribution is 9.10. The highest BCUT2D eigenvalue weighted by Gasteiger charge is 2.02. The highest BCUT2D eigenvalue weighted by Crippen LogP contribution is 2.18. The van der Waals surface area contributed by atoms with Gasteiger partial charge in [0.1, 0.15) is 6.10 Å². The molecule has 0 amide bonds. The molecule has 1 aromatic carbocycles. The monoisotopic (exact) mass is 251 g/mol. The average molecular weight is 253 g/mol. The van der Waals surface area contributed by atoms with Crippen molar-refractivity contribution in [1.29, 1.82) is 0 Å². The van der Waals surface area contributed by atoms with Crippen molar-refractivity contribution in [2.24, 2.45) is 5.90 Å². The number of hydrogen-bond donors (Lipinski definition) is 1. The van der Waals surface area contributed by atoms with Crippen LogP contribution in [-0.2, 0) is 4.84 Å². The second kappa shape index (κ2) is 5.54. The molecule has 1 aromatic rings. The van der Waals surface area contributed by atoms with Crippen molar-refractivity contribution >= 4 is 28.3 Å². The Labute approximate surface area is 86.6 Å². The third kappa shape index (κ3) is 3.11. The maximum absolute atomic E-state index is 5.04. The van der Waals surface area contributed by atoms with Crippen LogP contribution in [0.4, 0.5) is 0 Å². The lowest BCUT2D eigenvalue weighted by Crippen LogP contribution is -2.04. The molecule has 2 N–H and O–H groups in total. The Kier molecular flexibility index (Phi) is 5.50. The van der Waals surface area contributed by atoms with E-state index in [1.807, 2.05) is 31.2 Å². The Balaban J connectivity index is 0.00000121. The Morgan fingerprint density at radius 3 is 2.67 bits per heavy atom. The lowest BCUT2D eigenvalue weighted by atomic mass is 10.1. The van der Waals surface area contributed by atoms with Gasteiger partial charge in [-0.25, -0.2) is 5.90 Å². The minimum absolute atomic E-state index is 0. The van der Waals surface area contributed by atoms with E-state index in [1.54, 1.807) is 0 Å². The van der Waals surface area contributed by atoms with Crippen molar-refractivity contribution in [3.8, 4) is 0 Å². The molecule has 12 heavy (non-hydrogen) atoms. The quantitative estimate of drug-likeness (QED) is 0.822. The zero-order valence-electron chi connectivity index (χ0n) is 6.66. The van der Waals surface area contributed by atoms with Gasteiger partial charge >= 0.3 is 0 Å². The number of nitrogens with two attached hydrogens (primary N) is 1. The van der Waals surface area contributed by atoms with Crippen molar-refractivity contribution in [3.05, 3.63) is 34.3 Å². The van der Waals surface area contributed by atoms with Gasteiger partial charge in [0.2, 0.25) is 0 Å². The first-order valence-electron chi connectivity index (χ1n) is 3.35. The highest BCUT2D eigenvalue weighted by atomic mass is 79.9. The summed E-state index contributed by atoms with van der Waals surface area (Å²) < 4.78 is 1.04. The maximum Gasteiger partial charge on any atom is 0.101 e. The Hall–Kier alpha value is -0.0900. The normalized spacial score (nSPS) is 11.9. The average Bonchev–Trinajstić information content (AvgIpc) is 2.03. The van der Waals surface area contributed by atoms with Crippen LogP contribution in [0.5, 0.6) is 0 Å². The molecule has 0 heterocycles. The summed E-state index contributed by atoms with van der Waals surface area (Å²) in [4.78, 5) is 4.67. The maximum atomic E-state index is 5.04. The van der Waals surface area contributed by atoms with Crippen molar-refractivity contribution in [3.63, 3.8) is 0 Å². The number of halogens is 2. The molecule has 2 nitrogen and oxygen atoms in total. The first kappa shape index (κ1) is 11.9. The predicted octanol–water partition coefficient (Wildman–Crippen LogP) is 2.82. The fourth-order valence-corrected chi connectivity index (χ4v) is 1.25. The van der Waals surface area contributed by atoms with Gasteiger partial charge in [-0.3, -0.25) is 4.84 Å². The Bertz CT molecular complexity index is 244. The van der Waals surface area contributed by atoms with Crippen molar-refractivity contribution in [1.82, 2.24) is 0 Å². The predicted molar refractivity (Wildman–Crippen MR) is 55.1 cm³/mol. The van der Waals surface area contributed by atoms with Gasteiger partial charge in [0.15, 0.2) is 0 Å². The topological polar surface area (TPSA) is 35.2 Å². The fraction of sp³-hybridized carbons (Fsp3) is 0.250. The van der Waals surface area contributed by atoms with E-state index in [1.165, 1.54) is 0 Å². The molecule has 1 unspecified atom stereocenters. The van der Waals surface area contributed by atoms with Crippen LogP contribution in [-0.4, -0.2) is 0 Å². The third-order valence-corrected chi connectivity index (χ3v) is 2.02. The largest absolute Gasteiger partial charge is 0.297 e. The van der Waals surface area contributed by atoms with Gasteiger partial charge in [-0.15, -0.1) is 12.4 Å². The van der Waals surface area contributed by atoms with Gasteiger partial charge in [0.25, 0.3) is 0 Å². The molecule has 0 aliphatic heterocycles. The molecule has 4 heteroatoms. The summed E-state index contributed by atoms with van der Waals surface area (Å²) in [5.41, 5.74) is 1.07. The van der Waals surface area contributed by atoms with Gasteiger partial charge in [0.05, 0.1) is 0 Å². The van der Waals surface area contributed by atoms with E-state index in [0.717, 1.165) is 10.0 Å². The number of hydrogen-bond acceptors (Lipinski definition) is 2. The molecule has 0 aliphatic rings. The Morgan fingerprint density at radius 1 is 1.50 bits per heavy atom. The second-order valence-corrected chi connectivity index (χ2v) is 3.25. The van der Waals surface area contributed by atoms with Crippen LogP contribution in [0.1, 0.15) is 18.6 Å². The summed E-state index contributed by atoms with van der Waals surface area (Å²) in [7, 11) is 0. The van der Waals surface area contributed by atoms with E-state index in [4.69, 9.17) is 5.90 Å². The molecule has 1 rings (SSSR count). The molecule has 1 atom stereocenters. The zero-order chi connectivity index (χ0) is 8.27. The number of rotatable bonds is 2. The van der Waals surface area contributed by atoms with Crippen molar-refractivity contribution < 1.29 is 4.84 Å². The molecule has 0 aromatic heterocycles. The van der Waals surface area contributed by atoms with Crippen LogP contribution in [0.2, 0.25) is 0 Å². The summed E-state index contributed by atoms with van der Waals surface area (Å²) in [6, 6.07) is 7.88. The smallest absolute Gasteiger partial charge is 0.101 e. The Morgan fingerprint density at radius 2 is 2.17 bits per heavy atom. The van der Waals surface area contributed by atoms with Gasteiger partial charge < -0.3 is 0 Å². The van der Waals surface area contributed by atoms with Gasteiger partial charge in [0, 0.05) is 4.47 Å². The minimum atomic E-state index is -0.0486. The first-order chi connectivity index (χ1) is 5.24. The van der Waals surface area contributed by atoms with Gasteiger partial charge in [-0.1, -0.05) is 28.1 Å². The molecule has 0 radical (unpaired) electrons. The first-order valence-corrected chi connectivity index (χ1v) is 4.14. The molecular weight excluding hydrogens is 241 g/mol. The summed E-state index contributed by atoms with van der Waals surface area (Å²) in [5.74, 6) is 5.04. The molecule has 0 bridgehead atoms. The molecule has 68 valence electrons. The summed E-state index contributed by atoms with van der Waals surface area (Å²) >= 11 is 3.36. The summed E-state index contributed by atoms with van der Waals surface area (Å²) in [5, 5.41) is 0. The van der Waals surface area contributed by atoms with E-state index in [0.29, 0.717) is 0 Å². The minimum Gasteiger partial charge on any atom is -0.297 e. The van der Waals surface area contributed by atoms with Crippen LogP contribution < -0.4 is 5.90 Å². The molecule has 0 saturated carbocycles. The SMILES string of the molecule is CC(ON)c1cccc(Br)c1.Cl. The molecule has 0 saturated heterocycles. The van der Waals surface area contributed by atoms with Crippen LogP contribution >= 0.6 is 28.3 Å². The van der Waals surface area contributed by atoms with Gasteiger partial charge in [-0.2, -0.15) is 0 Å². The van der Waals surface area contributed by atoms with Crippen LogP contribution in [0.3, 0.4) is 0 Å². The molecular formula is C8H11BrClNO. The van der Waals surface area contributed by atoms with Crippen LogP contribution in [0, 0.1) is 0 Å². The van der Waals surface area contributed by atoms with E-state index < -0.39 is 0 Å². The molecule has 0 fully saturated rings. The van der Waals surface area contributed by atoms with E-state index in [9.17, 15) is 0 Å². The van der Waals surface area contributed by atoms with Crippen LogP contribution in [0.15, 0.2) is 28.7 Å². The standard InChI is InChI=1S/C8H10BrNO.ClH/c1-6(11-10)7-3-2-4-8(9)5-7;/h2-6H,10H2,1H3;1H. The number of benzene rings is 1. The molecule has 0 spiro atoms. The zero-order valence-corrected chi connectivity index (χ0v) is 9.06. The lowest BCUT2D eigenvalue weighted by molar-refractivity contribution is 0.0664. The van der Waals surface area contributed by atoms with Crippen molar-refractivity contribution in [2.75, 3.05) is 0 Å².